The number of halogens is 1. The van der Waals surface area contributed by atoms with Crippen LogP contribution in [0, 0.1) is 0 Å². The maximum atomic E-state index is 11.5. The number of nitrogens with zero attached hydrogens (tertiary/aromatic N) is 2. The van der Waals surface area contributed by atoms with E-state index in [-0.39, 0.29) is 48.6 Å². The van der Waals surface area contributed by atoms with Gasteiger partial charge in [-0.2, -0.15) is 0 Å². The van der Waals surface area contributed by atoms with Gasteiger partial charge in [0.25, 0.3) is 0 Å². The van der Waals surface area contributed by atoms with Gasteiger partial charge in [0.15, 0.2) is 5.96 Å². The van der Waals surface area contributed by atoms with E-state index in [4.69, 9.17) is 4.74 Å². The normalized spacial score (nSPS) is 29.5. The Bertz CT molecular complexity index is 471. The number of hydrogen-bond donors (Lipinski definition) is 3. The van der Waals surface area contributed by atoms with E-state index < -0.39 is 0 Å². The monoisotopic (exact) mass is 437 g/mol. The van der Waals surface area contributed by atoms with E-state index in [1.807, 2.05) is 6.92 Å². The highest BCUT2D eigenvalue weighted by Gasteiger charge is 2.41. The lowest BCUT2D eigenvalue weighted by Crippen LogP contribution is -2.47. The molecular formula is C14H24IN5O3. The highest BCUT2D eigenvalue weighted by Crippen LogP contribution is 2.34. The lowest BCUT2D eigenvalue weighted by molar-refractivity contribution is -0.124. The van der Waals surface area contributed by atoms with Crippen LogP contribution < -0.4 is 16.0 Å². The maximum absolute atomic E-state index is 11.5. The lowest BCUT2D eigenvalue weighted by atomic mass is 9.96. The van der Waals surface area contributed by atoms with E-state index in [0.717, 1.165) is 31.8 Å². The number of ether oxygens (including phenoxy) is 1. The van der Waals surface area contributed by atoms with Crippen LogP contribution in [0.3, 0.4) is 0 Å². The summed E-state index contributed by atoms with van der Waals surface area (Å²) in [5.41, 5.74) is 0. The quantitative estimate of drug-likeness (QED) is 0.244. The molecule has 130 valence electrons. The van der Waals surface area contributed by atoms with Crippen molar-refractivity contribution < 1.29 is 14.3 Å². The largest absolute Gasteiger partial charge is 0.373 e. The molecule has 3 N–H and O–H groups in total. The molecule has 0 aromatic carbocycles. The molecule has 3 heterocycles. The molecule has 9 heteroatoms. The average Bonchev–Trinajstić information content (AvgIpc) is 3.18. The number of carbonyl (C=O) groups is 2. The highest BCUT2D eigenvalue weighted by atomic mass is 127. The van der Waals surface area contributed by atoms with Gasteiger partial charge in [-0.25, -0.2) is 4.79 Å². The van der Waals surface area contributed by atoms with Crippen molar-refractivity contribution in [2.24, 2.45) is 4.99 Å². The van der Waals surface area contributed by atoms with Gasteiger partial charge in [-0.1, -0.05) is 0 Å². The predicted octanol–water partition coefficient (Wildman–Crippen LogP) is 0.0312. The molecule has 3 amide bonds. The summed E-state index contributed by atoms with van der Waals surface area (Å²) in [6, 6.07) is -0.0343. The van der Waals surface area contributed by atoms with E-state index in [1.54, 1.807) is 0 Å². The number of imide groups is 1. The van der Waals surface area contributed by atoms with Crippen LogP contribution in [0.1, 0.15) is 26.2 Å². The van der Waals surface area contributed by atoms with E-state index in [9.17, 15) is 9.59 Å². The first kappa shape index (κ1) is 18.2. The standard InChI is InChI=1S/C14H23N5O3.HI/c1-2-15-13(18-10-7-9-3-4-11(10)22-9)16-5-6-19-12(20)8-17-14(19)21;/h9-11H,2-8H2,1H3,(H,17,21)(H2,15,16,18);1H. The number of nitrogens with one attached hydrogen (secondary N) is 3. The zero-order valence-corrected chi connectivity index (χ0v) is 15.5. The minimum absolute atomic E-state index is 0. The Labute approximate surface area is 152 Å². The van der Waals surface area contributed by atoms with Gasteiger partial charge in [-0.15, -0.1) is 24.0 Å². The summed E-state index contributed by atoms with van der Waals surface area (Å²) in [6.45, 7) is 3.54. The fourth-order valence-electron chi connectivity index (χ4n) is 3.23. The van der Waals surface area contributed by atoms with Gasteiger partial charge < -0.3 is 20.7 Å². The van der Waals surface area contributed by atoms with Crippen LogP contribution >= 0.6 is 24.0 Å². The third kappa shape index (κ3) is 4.25. The Hall–Kier alpha value is -1.10. The summed E-state index contributed by atoms with van der Waals surface area (Å²) in [4.78, 5) is 28.6. The summed E-state index contributed by atoms with van der Waals surface area (Å²) in [6.07, 6.45) is 3.94. The number of hydrogen-bond acceptors (Lipinski definition) is 4. The summed E-state index contributed by atoms with van der Waals surface area (Å²) >= 11 is 0. The second-order valence-corrected chi connectivity index (χ2v) is 5.83. The van der Waals surface area contributed by atoms with Gasteiger partial charge >= 0.3 is 6.03 Å². The van der Waals surface area contributed by atoms with Crippen molar-refractivity contribution in [3.8, 4) is 0 Å². The minimum Gasteiger partial charge on any atom is -0.373 e. The molecule has 3 rings (SSSR count). The number of carbonyl (C=O) groups excluding carboxylic acids is 2. The van der Waals surface area contributed by atoms with Crippen molar-refractivity contribution in [3.05, 3.63) is 0 Å². The van der Waals surface area contributed by atoms with Gasteiger partial charge in [0, 0.05) is 6.54 Å². The van der Waals surface area contributed by atoms with E-state index in [2.05, 4.69) is 20.9 Å². The number of rotatable bonds is 5. The van der Waals surface area contributed by atoms with Crippen molar-refractivity contribution in [3.63, 3.8) is 0 Å². The second kappa shape index (κ2) is 8.13. The molecule has 0 spiro atoms. The van der Waals surface area contributed by atoms with Gasteiger partial charge in [0.05, 0.1) is 37.9 Å². The molecule has 0 radical (unpaired) electrons. The Morgan fingerprint density at radius 1 is 1.43 bits per heavy atom. The van der Waals surface area contributed by atoms with Crippen LogP contribution in [0.15, 0.2) is 4.99 Å². The van der Waals surface area contributed by atoms with Gasteiger partial charge in [0.2, 0.25) is 5.91 Å². The molecule has 2 bridgehead atoms. The molecule has 3 saturated heterocycles. The highest BCUT2D eigenvalue weighted by molar-refractivity contribution is 14.0. The molecule has 8 nitrogen and oxygen atoms in total. The molecule has 0 aromatic rings. The Morgan fingerprint density at radius 3 is 2.83 bits per heavy atom. The predicted molar refractivity (Wildman–Crippen MR) is 95.9 cm³/mol. The van der Waals surface area contributed by atoms with Gasteiger partial charge in [0.1, 0.15) is 0 Å². The Kier molecular flexibility index (Phi) is 6.45. The summed E-state index contributed by atoms with van der Waals surface area (Å²) in [5, 5.41) is 9.10. The topological polar surface area (TPSA) is 95.1 Å². The van der Waals surface area contributed by atoms with E-state index >= 15 is 0 Å². The van der Waals surface area contributed by atoms with Crippen molar-refractivity contribution in [1.82, 2.24) is 20.9 Å². The second-order valence-electron chi connectivity index (χ2n) is 5.83. The van der Waals surface area contributed by atoms with Gasteiger partial charge in [-0.05, 0) is 26.2 Å². The summed E-state index contributed by atoms with van der Waals surface area (Å²) in [5.74, 6) is 0.523. The van der Waals surface area contributed by atoms with Crippen LogP contribution in [-0.4, -0.2) is 67.2 Å². The number of guanidine groups is 1. The van der Waals surface area contributed by atoms with Crippen LogP contribution in [0.2, 0.25) is 0 Å². The van der Waals surface area contributed by atoms with Crippen LogP contribution in [-0.2, 0) is 9.53 Å². The summed E-state index contributed by atoms with van der Waals surface area (Å²) < 4.78 is 5.83. The molecule has 3 unspecified atom stereocenters. The Balaban J connectivity index is 0.00000192. The number of fused-ring (bicyclic) bond motifs is 2. The third-order valence-corrected chi connectivity index (χ3v) is 4.30. The molecule has 3 atom stereocenters. The van der Waals surface area contributed by atoms with E-state index in [1.165, 1.54) is 4.90 Å². The van der Waals surface area contributed by atoms with Gasteiger partial charge in [-0.3, -0.25) is 14.7 Å². The average molecular weight is 437 g/mol. The van der Waals surface area contributed by atoms with E-state index in [0.29, 0.717) is 25.2 Å². The van der Waals surface area contributed by atoms with Crippen LogP contribution in [0.4, 0.5) is 4.79 Å². The molecule has 0 aliphatic carbocycles. The molecule has 0 saturated carbocycles. The third-order valence-electron chi connectivity index (χ3n) is 4.30. The number of urea groups is 1. The smallest absolute Gasteiger partial charge is 0.324 e. The van der Waals surface area contributed by atoms with Crippen LogP contribution in [0.5, 0.6) is 0 Å². The van der Waals surface area contributed by atoms with Crippen molar-refractivity contribution in [2.75, 3.05) is 26.2 Å². The van der Waals surface area contributed by atoms with Crippen molar-refractivity contribution >= 4 is 41.9 Å². The molecule has 3 fully saturated rings. The SMILES string of the molecule is CCNC(=NCCN1C(=O)CNC1=O)NC1CC2CCC1O2.I. The zero-order chi connectivity index (χ0) is 15.5. The molecule has 3 aliphatic rings. The minimum atomic E-state index is -0.334. The van der Waals surface area contributed by atoms with Crippen molar-refractivity contribution in [2.45, 2.75) is 44.4 Å². The zero-order valence-electron chi connectivity index (χ0n) is 13.2. The molecule has 3 aliphatic heterocycles. The van der Waals surface area contributed by atoms with Crippen molar-refractivity contribution in [1.29, 1.82) is 0 Å². The lowest BCUT2D eigenvalue weighted by Gasteiger charge is -2.22. The first-order valence-electron chi connectivity index (χ1n) is 7.96. The first-order chi connectivity index (χ1) is 10.7. The fourth-order valence-corrected chi connectivity index (χ4v) is 3.23. The number of aliphatic imine (C=N–C) groups is 1. The molecule has 23 heavy (non-hydrogen) atoms. The van der Waals surface area contributed by atoms with Crippen LogP contribution in [0.25, 0.3) is 0 Å². The maximum Gasteiger partial charge on any atom is 0.324 e. The summed E-state index contributed by atoms with van der Waals surface area (Å²) in [7, 11) is 0. The fraction of sp³-hybridized carbons (Fsp3) is 0.786. The molecular weight excluding hydrogens is 413 g/mol. The number of amides is 3. The molecule has 0 aromatic heterocycles. The first-order valence-corrected chi connectivity index (χ1v) is 7.96. The Morgan fingerprint density at radius 2 is 2.26 bits per heavy atom.